The summed E-state index contributed by atoms with van der Waals surface area (Å²) in [6.07, 6.45) is 4.43. The summed E-state index contributed by atoms with van der Waals surface area (Å²) >= 11 is 0. The lowest BCUT2D eigenvalue weighted by Gasteiger charge is -2.19. The number of carboxylic acids is 1. The molecule has 2 atom stereocenters. The second-order valence-corrected chi connectivity index (χ2v) is 4.59. The third-order valence-electron chi connectivity index (χ3n) is 2.80. The largest absolute Gasteiger partial charge is 0.481 e. The number of hydrogen-bond acceptors (Lipinski definition) is 2. The summed E-state index contributed by atoms with van der Waals surface area (Å²) in [7, 11) is 0. The van der Waals surface area contributed by atoms with E-state index in [0.29, 0.717) is 12.3 Å². The summed E-state index contributed by atoms with van der Waals surface area (Å²) in [5.74, 6) is -0.548. The van der Waals surface area contributed by atoms with Crippen molar-refractivity contribution in [2.24, 2.45) is 5.92 Å². The van der Waals surface area contributed by atoms with Crippen molar-refractivity contribution in [3.05, 3.63) is 12.7 Å². The number of amides is 2. The monoisotopic (exact) mass is 240 g/mol. The molecule has 1 rings (SSSR count). The van der Waals surface area contributed by atoms with Gasteiger partial charge in [0.25, 0.3) is 0 Å². The van der Waals surface area contributed by atoms with E-state index in [1.165, 1.54) is 0 Å². The zero-order chi connectivity index (χ0) is 12.8. The molecular formula is C12H20N2O3. The minimum absolute atomic E-state index is 0.00603. The van der Waals surface area contributed by atoms with E-state index in [1.54, 1.807) is 6.08 Å². The smallest absolute Gasteiger partial charge is 0.315 e. The molecule has 1 aliphatic carbocycles. The number of hydrogen-bond donors (Lipinski definition) is 3. The Balaban J connectivity index is 2.35. The fourth-order valence-corrected chi connectivity index (χ4v) is 1.77. The molecule has 0 aromatic rings. The Hall–Kier alpha value is -1.52. The molecule has 17 heavy (non-hydrogen) atoms. The van der Waals surface area contributed by atoms with Gasteiger partial charge in [0.2, 0.25) is 0 Å². The highest BCUT2D eigenvalue weighted by Gasteiger charge is 2.33. The molecule has 0 bridgehead atoms. The lowest BCUT2D eigenvalue weighted by Crippen LogP contribution is -2.46. The number of carbonyl (C=O) groups excluding carboxylic acids is 1. The normalized spacial score (nSPS) is 17.9. The maximum Gasteiger partial charge on any atom is 0.315 e. The third-order valence-corrected chi connectivity index (χ3v) is 2.80. The van der Waals surface area contributed by atoms with E-state index in [9.17, 15) is 9.59 Å². The van der Waals surface area contributed by atoms with Crippen LogP contribution >= 0.6 is 0 Å². The highest BCUT2D eigenvalue weighted by Crippen LogP contribution is 2.33. The van der Waals surface area contributed by atoms with Gasteiger partial charge in [0, 0.05) is 12.1 Å². The molecule has 2 unspecified atom stereocenters. The molecule has 0 saturated heterocycles. The van der Waals surface area contributed by atoms with Crippen LogP contribution in [0.3, 0.4) is 0 Å². The molecule has 0 aromatic heterocycles. The molecule has 0 spiro atoms. The van der Waals surface area contributed by atoms with Crippen molar-refractivity contribution in [3.8, 4) is 0 Å². The van der Waals surface area contributed by atoms with E-state index in [0.717, 1.165) is 12.8 Å². The van der Waals surface area contributed by atoms with Crippen LogP contribution < -0.4 is 10.6 Å². The molecular weight excluding hydrogens is 220 g/mol. The van der Waals surface area contributed by atoms with E-state index < -0.39 is 5.97 Å². The molecule has 0 aromatic carbocycles. The van der Waals surface area contributed by atoms with Gasteiger partial charge in [-0.15, -0.1) is 6.58 Å². The van der Waals surface area contributed by atoms with Crippen molar-refractivity contribution < 1.29 is 14.7 Å². The zero-order valence-corrected chi connectivity index (χ0v) is 10.1. The average Bonchev–Trinajstić information content (AvgIpc) is 2.98. The first-order chi connectivity index (χ1) is 8.02. The van der Waals surface area contributed by atoms with Crippen LogP contribution in [0.4, 0.5) is 4.79 Å². The Labute approximate surface area is 101 Å². The number of carbonyl (C=O) groups is 2. The Morgan fingerprint density at radius 3 is 2.59 bits per heavy atom. The second kappa shape index (κ2) is 6.27. The molecule has 2 amide bonds. The van der Waals surface area contributed by atoms with Gasteiger partial charge < -0.3 is 15.7 Å². The van der Waals surface area contributed by atoms with Crippen LogP contribution in [0.5, 0.6) is 0 Å². The first-order valence-corrected chi connectivity index (χ1v) is 5.92. The van der Waals surface area contributed by atoms with Crippen LogP contribution in [0.1, 0.15) is 32.6 Å². The van der Waals surface area contributed by atoms with Crippen LogP contribution in [-0.4, -0.2) is 29.2 Å². The summed E-state index contributed by atoms with van der Waals surface area (Å²) in [5, 5.41) is 14.2. The Bertz CT molecular complexity index is 300. The van der Waals surface area contributed by atoms with Crippen LogP contribution in [0, 0.1) is 5.92 Å². The van der Waals surface area contributed by atoms with Gasteiger partial charge in [-0.25, -0.2) is 4.79 Å². The van der Waals surface area contributed by atoms with Crippen LogP contribution in [0.25, 0.3) is 0 Å². The molecule has 1 aliphatic rings. The fourth-order valence-electron chi connectivity index (χ4n) is 1.77. The summed E-state index contributed by atoms with van der Waals surface area (Å²) in [6.45, 7) is 5.48. The predicted molar refractivity (Wildman–Crippen MR) is 64.7 cm³/mol. The maximum absolute atomic E-state index is 11.6. The molecule has 0 heterocycles. The zero-order valence-electron chi connectivity index (χ0n) is 10.1. The van der Waals surface area contributed by atoms with E-state index in [2.05, 4.69) is 17.2 Å². The van der Waals surface area contributed by atoms with Crippen molar-refractivity contribution in [1.82, 2.24) is 10.6 Å². The molecule has 96 valence electrons. The van der Waals surface area contributed by atoms with E-state index in [1.807, 2.05) is 6.92 Å². The molecule has 3 N–H and O–H groups in total. The highest BCUT2D eigenvalue weighted by molar-refractivity contribution is 5.76. The fraction of sp³-hybridized carbons (Fsp3) is 0.667. The molecule has 1 fully saturated rings. The second-order valence-electron chi connectivity index (χ2n) is 4.59. The first-order valence-electron chi connectivity index (χ1n) is 5.92. The molecule has 5 nitrogen and oxygen atoms in total. The van der Waals surface area contributed by atoms with Gasteiger partial charge in [-0.1, -0.05) is 6.08 Å². The Morgan fingerprint density at radius 1 is 1.47 bits per heavy atom. The molecule has 0 radical (unpaired) electrons. The van der Waals surface area contributed by atoms with E-state index >= 15 is 0 Å². The number of rotatable bonds is 7. The van der Waals surface area contributed by atoms with Gasteiger partial charge in [-0.2, -0.15) is 0 Å². The first kappa shape index (κ1) is 13.5. The minimum atomic E-state index is -0.874. The summed E-state index contributed by atoms with van der Waals surface area (Å²) in [6, 6.07) is -0.530. The average molecular weight is 240 g/mol. The van der Waals surface area contributed by atoms with Gasteiger partial charge in [0.1, 0.15) is 0 Å². The van der Waals surface area contributed by atoms with E-state index in [4.69, 9.17) is 5.11 Å². The van der Waals surface area contributed by atoms with Crippen molar-refractivity contribution in [1.29, 1.82) is 0 Å². The van der Waals surface area contributed by atoms with Gasteiger partial charge >= 0.3 is 12.0 Å². The topological polar surface area (TPSA) is 78.4 Å². The van der Waals surface area contributed by atoms with Gasteiger partial charge in [0.15, 0.2) is 0 Å². The number of aliphatic carboxylic acids is 1. The Kier molecular flexibility index (Phi) is 5.00. The van der Waals surface area contributed by atoms with E-state index in [-0.39, 0.29) is 24.5 Å². The highest BCUT2D eigenvalue weighted by atomic mass is 16.4. The number of carboxylic acid groups (broad SMARTS) is 1. The van der Waals surface area contributed by atoms with Gasteiger partial charge in [-0.05, 0) is 32.1 Å². The lowest BCUT2D eigenvalue weighted by molar-refractivity contribution is -0.137. The van der Waals surface area contributed by atoms with Crippen LogP contribution in [0.2, 0.25) is 0 Å². The summed E-state index contributed by atoms with van der Waals surface area (Å²) in [4.78, 5) is 22.3. The molecule has 5 heteroatoms. The van der Waals surface area contributed by atoms with Crippen molar-refractivity contribution in [2.75, 3.05) is 0 Å². The molecule has 1 saturated carbocycles. The van der Waals surface area contributed by atoms with Crippen molar-refractivity contribution in [2.45, 2.75) is 44.7 Å². The maximum atomic E-state index is 11.6. The summed E-state index contributed by atoms with van der Waals surface area (Å²) < 4.78 is 0. The van der Waals surface area contributed by atoms with Crippen LogP contribution in [-0.2, 0) is 4.79 Å². The summed E-state index contributed by atoms with van der Waals surface area (Å²) in [5.41, 5.74) is 0. The van der Waals surface area contributed by atoms with Crippen molar-refractivity contribution >= 4 is 12.0 Å². The quantitative estimate of drug-likeness (QED) is 0.590. The van der Waals surface area contributed by atoms with Crippen LogP contribution in [0.15, 0.2) is 12.7 Å². The Morgan fingerprint density at radius 2 is 2.12 bits per heavy atom. The number of nitrogens with one attached hydrogen (secondary N) is 2. The standard InChI is InChI=1S/C12H20N2O3/c1-3-4-8(2)13-12(17)14-10(7-11(15)16)9-5-6-9/h3,8-10H,1,4-7H2,2H3,(H,15,16)(H2,13,14,17). The van der Waals surface area contributed by atoms with Gasteiger partial charge in [-0.3, -0.25) is 4.79 Å². The number of urea groups is 1. The lowest BCUT2D eigenvalue weighted by atomic mass is 10.1. The SMILES string of the molecule is C=CCC(C)NC(=O)NC(CC(=O)O)C1CC1. The van der Waals surface area contributed by atoms with Gasteiger partial charge in [0.05, 0.1) is 6.42 Å². The minimum Gasteiger partial charge on any atom is -0.481 e. The van der Waals surface area contributed by atoms with Crippen molar-refractivity contribution in [3.63, 3.8) is 0 Å². The predicted octanol–water partition coefficient (Wildman–Crippen LogP) is 1.50. The molecule has 0 aliphatic heterocycles. The third kappa shape index (κ3) is 5.38.